The van der Waals surface area contributed by atoms with E-state index >= 15 is 0 Å². The Morgan fingerprint density at radius 1 is 1.50 bits per heavy atom. The summed E-state index contributed by atoms with van der Waals surface area (Å²) in [5, 5.41) is 5.74. The third-order valence-corrected chi connectivity index (χ3v) is 2.46. The molecule has 2 N–H and O–H groups in total. The Hall–Kier alpha value is -1.54. The van der Waals surface area contributed by atoms with Gasteiger partial charge in [-0.2, -0.15) is 0 Å². The molecule has 0 radical (unpaired) electrons. The fourth-order valence-corrected chi connectivity index (χ4v) is 1.62. The van der Waals surface area contributed by atoms with Crippen molar-refractivity contribution in [1.82, 2.24) is 15.5 Å². The van der Waals surface area contributed by atoms with Crippen LogP contribution in [0.2, 0.25) is 0 Å². The lowest BCUT2D eigenvalue weighted by Gasteiger charge is -2.28. The summed E-state index contributed by atoms with van der Waals surface area (Å²) in [6.07, 6.45) is 5.23. The van der Waals surface area contributed by atoms with E-state index in [-0.39, 0.29) is 11.9 Å². The lowest BCUT2D eigenvalue weighted by atomic mass is 10.2. The zero-order chi connectivity index (χ0) is 12.0. The number of nitrogens with one attached hydrogen (secondary N) is 2. The summed E-state index contributed by atoms with van der Waals surface area (Å²) in [6.45, 7) is 4.90. The van der Waals surface area contributed by atoms with E-state index in [2.05, 4.69) is 10.6 Å². The summed E-state index contributed by atoms with van der Waals surface area (Å²) in [6, 6.07) is -0.217. The minimum absolute atomic E-state index is 0.0614. The number of terminal acetylenes is 1. The second-order valence-corrected chi connectivity index (χ2v) is 3.85. The second-order valence-electron chi connectivity index (χ2n) is 3.85. The van der Waals surface area contributed by atoms with E-state index in [1.54, 1.807) is 11.8 Å². The van der Waals surface area contributed by atoms with Gasteiger partial charge in [-0.25, -0.2) is 0 Å². The molecule has 0 aromatic heterocycles. The molecule has 1 aliphatic heterocycles. The number of rotatable bonds is 3. The van der Waals surface area contributed by atoms with Gasteiger partial charge in [-0.1, -0.05) is 0 Å². The van der Waals surface area contributed by atoms with Crippen molar-refractivity contribution in [2.24, 2.45) is 0 Å². The van der Waals surface area contributed by atoms with Gasteiger partial charge in [0.05, 0.1) is 0 Å². The fourth-order valence-electron chi connectivity index (χ4n) is 1.62. The monoisotopic (exact) mass is 223 g/mol. The van der Waals surface area contributed by atoms with Crippen LogP contribution in [-0.2, 0) is 9.59 Å². The molecule has 1 aliphatic rings. The van der Waals surface area contributed by atoms with Crippen LogP contribution in [0.5, 0.6) is 0 Å². The van der Waals surface area contributed by atoms with Crippen LogP contribution in [0.4, 0.5) is 0 Å². The number of nitrogens with zero attached hydrogens (tertiary/aromatic N) is 1. The predicted octanol–water partition coefficient (Wildman–Crippen LogP) is -1.05. The Morgan fingerprint density at radius 3 is 2.69 bits per heavy atom. The molecule has 88 valence electrons. The number of amides is 2. The quantitative estimate of drug-likeness (QED) is 0.600. The van der Waals surface area contributed by atoms with Crippen LogP contribution in [0.15, 0.2) is 0 Å². The predicted molar refractivity (Wildman–Crippen MR) is 60.5 cm³/mol. The zero-order valence-corrected chi connectivity index (χ0v) is 9.45. The standard InChI is InChI=1S/C11H17N3O2/c1-3-10(15)13-9(2)8-11(16)14-6-4-12-5-7-14/h1,9,12H,4-8H2,2H3,(H,13,15). The Kier molecular flexibility index (Phi) is 4.80. The average Bonchev–Trinajstić information content (AvgIpc) is 2.29. The third-order valence-electron chi connectivity index (χ3n) is 2.46. The van der Waals surface area contributed by atoms with Gasteiger partial charge in [0.1, 0.15) is 0 Å². The molecule has 1 heterocycles. The first-order valence-electron chi connectivity index (χ1n) is 5.39. The van der Waals surface area contributed by atoms with Crippen molar-refractivity contribution in [3.63, 3.8) is 0 Å². The van der Waals surface area contributed by atoms with E-state index in [0.29, 0.717) is 6.42 Å². The zero-order valence-electron chi connectivity index (χ0n) is 9.45. The molecule has 2 amide bonds. The highest BCUT2D eigenvalue weighted by molar-refractivity contribution is 5.93. The smallest absolute Gasteiger partial charge is 0.295 e. The Bertz CT molecular complexity index is 303. The molecule has 5 nitrogen and oxygen atoms in total. The topological polar surface area (TPSA) is 61.4 Å². The first kappa shape index (κ1) is 12.5. The molecule has 0 aromatic carbocycles. The molecule has 0 saturated carbocycles. The van der Waals surface area contributed by atoms with Crippen LogP contribution in [-0.4, -0.2) is 48.9 Å². The molecule has 1 atom stereocenters. The molecule has 0 aliphatic carbocycles. The van der Waals surface area contributed by atoms with Gasteiger partial charge < -0.3 is 15.5 Å². The van der Waals surface area contributed by atoms with E-state index in [4.69, 9.17) is 6.42 Å². The first-order chi connectivity index (χ1) is 7.63. The van der Waals surface area contributed by atoms with Gasteiger partial charge in [0.2, 0.25) is 5.91 Å². The van der Waals surface area contributed by atoms with Crippen LogP contribution >= 0.6 is 0 Å². The largest absolute Gasteiger partial charge is 0.342 e. The van der Waals surface area contributed by atoms with Gasteiger partial charge >= 0.3 is 0 Å². The second kappa shape index (κ2) is 6.13. The molecular formula is C11H17N3O2. The van der Waals surface area contributed by atoms with Gasteiger partial charge in [-0.3, -0.25) is 9.59 Å². The summed E-state index contributed by atoms with van der Waals surface area (Å²) in [7, 11) is 0. The molecule has 1 saturated heterocycles. The van der Waals surface area contributed by atoms with Crippen molar-refractivity contribution in [3.05, 3.63) is 0 Å². The number of piperazine rings is 1. The molecule has 0 bridgehead atoms. The van der Waals surface area contributed by atoms with Gasteiger partial charge in [0.15, 0.2) is 0 Å². The lowest BCUT2D eigenvalue weighted by molar-refractivity contribution is -0.132. The molecule has 0 spiro atoms. The van der Waals surface area contributed by atoms with Gasteiger partial charge in [-0.05, 0) is 12.8 Å². The number of hydrogen-bond acceptors (Lipinski definition) is 3. The van der Waals surface area contributed by atoms with Crippen molar-refractivity contribution in [3.8, 4) is 12.3 Å². The van der Waals surface area contributed by atoms with Crippen LogP contribution in [0.1, 0.15) is 13.3 Å². The Morgan fingerprint density at radius 2 is 2.12 bits per heavy atom. The molecular weight excluding hydrogens is 206 g/mol. The van der Waals surface area contributed by atoms with E-state index in [9.17, 15) is 9.59 Å². The van der Waals surface area contributed by atoms with Gasteiger partial charge in [-0.15, -0.1) is 6.42 Å². The van der Waals surface area contributed by atoms with Crippen LogP contribution in [0.25, 0.3) is 0 Å². The molecule has 1 fully saturated rings. The van der Waals surface area contributed by atoms with Crippen molar-refractivity contribution < 1.29 is 9.59 Å². The van der Waals surface area contributed by atoms with E-state index < -0.39 is 5.91 Å². The minimum Gasteiger partial charge on any atom is -0.342 e. The summed E-state index contributed by atoms with van der Waals surface area (Å²) in [4.78, 5) is 24.5. The molecule has 5 heteroatoms. The highest BCUT2D eigenvalue weighted by atomic mass is 16.2. The van der Waals surface area contributed by atoms with Crippen molar-refractivity contribution in [2.75, 3.05) is 26.2 Å². The maximum Gasteiger partial charge on any atom is 0.295 e. The van der Waals surface area contributed by atoms with Crippen molar-refractivity contribution in [2.45, 2.75) is 19.4 Å². The van der Waals surface area contributed by atoms with Crippen molar-refractivity contribution >= 4 is 11.8 Å². The van der Waals surface area contributed by atoms with Crippen molar-refractivity contribution in [1.29, 1.82) is 0 Å². The average molecular weight is 223 g/mol. The number of carbonyl (C=O) groups excluding carboxylic acids is 2. The van der Waals surface area contributed by atoms with E-state index in [1.807, 2.05) is 5.92 Å². The van der Waals surface area contributed by atoms with Crippen LogP contribution < -0.4 is 10.6 Å². The van der Waals surface area contributed by atoms with E-state index in [1.165, 1.54) is 0 Å². The molecule has 1 unspecified atom stereocenters. The fraction of sp³-hybridized carbons (Fsp3) is 0.636. The molecule has 0 aromatic rings. The van der Waals surface area contributed by atoms with Gasteiger partial charge in [0, 0.05) is 38.6 Å². The SMILES string of the molecule is C#CC(=O)NC(C)CC(=O)N1CCNCC1. The minimum atomic E-state index is -0.472. The normalized spacial score (nSPS) is 17.4. The first-order valence-corrected chi connectivity index (χ1v) is 5.39. The molecule has 16 heavy (non-hydrogen) atoms. The Labute approximate surface area is 95.6 Å². The highest BCUT2D eigenvalue weighted by Crippen LogP contribution is 2.00. The summed E-state index contributed by atoms with van der Waals surface area (Å²) in [5.41, 5.74) is 0. The van der Waals surface area contributed by atoms with Gasteiger partial charge in [0.25, 0.3) is 5.91 Å². The molecule has 1 rings (SSSR count). The highest BCUT2D eigenvalue weighted by Gasteiger charge is 2.18. The number of hydrogen-bond donors (Lipinski definition) is 2. The van der Waals surface area contributed by atoms with Crippen LogP contribution in [0, 0.1) is 12.3 Å². The summed E-state index contributed by atoms with van der Waals surface area (Å²) in [5.74, 6) is 1.55. The summed E-state index contributed by atoms with van der Waals surface area (Å²) >= 11 is 0. The number of carbonyl (C=O) groups is 2. The maximum absolute atomic E-state index is 11.8. The third kappa shape index (κ3) is 3.91. The lowest BCUT2D eigenvalue weighted by Crippen LogP contribution is -2.48. The summed E-state index contributed by atoms with van der Waals surface area (Å²) < 4.78 is 0. The van der Waals surface area contributed by atoms with E-state index in [0.717, 1.165) is 26.2 Å². The maximum atomic E-state index is 11.8. The van der Waals surface area contributed by atoms with Crippen LogP contribution in [0.3, 0.4) is 0 Å². The Balaban J connectivity index is 2.32.